The predicted molar refractivity (Wildman–Crippen MR) is 142 cm³/mol. The van der Waals surface area contributed by atoms with Crippen LogP contribution in [-0.2, 0) is 20.0 Å². The summed E-state index contributed by atoms with van der Waals surface area (Å²) in [6.45, 7) is 5.82. The van der Waals surface area contributed by atoms with Gasteiger partial charge in [-0.1, -0.05) is 136 Å². The summed E-state index contributed by atoms with van der Waals surface area (Å²) in [5.74, 6) is 1.54. The van der Waals surface area contributed by atoms with Gasteiger partial charge in [-0.25, -0.2) is 9.13 Å². The third-order valence-electron chi connectivity index (χ3n) is 7.22. The molecular weight excluding hydrogens is 388 g/mol. The second-order valence-corrected chi connectivity index (χ2v) is 10.3. The highest BCUT2D eigenvalue weighted by atomic mass is 15.1. The lowest BCUT2D eigenvalue weighted by Crippen LogP contribution is -2.32. The molecule has 0 aliphatic carbocycles. The van der Waals surface area contributed by atoms with Crippen molar-refractivity contribution in [1.29, 1.82) is 0 Å². The van der Waals surface area contributed by atoms with E-state index in [1.165, 1.54) is 160 Å². The van der Waals surface area contributed by atoms with E-state index in [9.17, 15) is 0 Å². The molecule has 32 heavy (non-hydrogen) atoms. The summed E-state index contributed by atoms with van der Waals surface area (Å²) >= 11 is 0. The van der Waals surface area contributed by atoms with E-state index >= 15 is 0 Å². The van der Waals surface area contributed by atoms with Gasteiger partial charge in [0.25, 0.3) is 5.82 Å². The molecule has 0 fully saturated rings. The molecule has 2 nitrogen and oxygen atoms in total. The van der Waals surface area contributed by atoms with Crippen LogP contribution in [0.5, 0.6) is 0 Å². The maximum absolute atomic E-state index is 2.53. The Bertz CT molecular complexity index is 505. The molecular formula is C30H59N2+. The summed E-state index contributed by atoms with van der Waals surface area (Å²) in [7, 11) is 2.23. The van der Waals surface area contributed by atoms with Gasteiger partial charge in [-0.15, -0.1) is 0 Å². The van der Waals surface area contributed by atoms with E-state index in [0.29, 0.717) is 0 Å². The van der Waals surface area contributed by atoms with E-state index in [-0.39, 0.29) is 0 Å². The fourth-order valence-electron chi connectivity index (χ4n) is 4.97. The fourth-order valence-corrected chi connectivity index (χ4v) is 4.97. The van der Waals surface area contributed by atoms with E-state index < -0.39 is 0 Å². The molecule has 188 valence electrons. The molecule has 1 heterocycles. The van der Waals surface area contributed by atoms with Crippen LogP contribution in [0.25, 0.3) is 0 Å². The van der Waals surface area contributed by atoms with E-state index in [1.807, 2.05) is 0 Å². The molecule has 0 radical (unpaired) electrons. The second kappa shape index (κ2) is 22.0. The molecule has 0 aliphatic heterocycles. The summed E-state index contributed by atoms with van der Waals surface area (Å²) < 4.78 is 4.89. The van der Waals surface area contributed by atoms with Crippen LogP contribution < -0.4 is 4.57 Å². The van der Waals surface area contributed by atoms with Gasteiger partial charge >= 0.3 is 0 Å². The molecule has 2 heteroatoms. The maximum Gasteiger partial charge on any atom is 0.256 e. The minimum absolute atomic E-state index is 1.21. The van der Waals surface area contributed by atoms with Gasteiger partial charge in [0.05, 0.1) is 13.6 Å². The summed E-state index contributed by atoms with van der Waals surface area (Å²) in [5, 5.41) is 0. The molecule has 0 saturated carbocycles. The van der Waals surface area contributed by atoms with Crippen LogP contribution in [0.1, 0.15) is 161 Å². The highest BCUT2D eigenvalue weighted by molar-refractivity contribution is 4.84. The first-order chi connectivity index (χ1) is 15.8. The smallest absolute Gasteiger partial charge is 0.237 e. The molecule has 1 aromatic rings. The molecule has 0 bridgehead atoms. The number of unbranched alkanes of at least 4 members (excludes halogenated alkanes) is 20. The molecule has 0 N–H and O–H groups in total. The van der Waals surface area contributed by atoms with Gasteiger partial charge in [-0.2, -0.15) is 0 Å². The normalized spacial score (nSPS) is 11.5. The van der Waals surface area contributed by atoms with Gasteiger partial charge < -0.3 is 0 Å². The number of aromatic nitrogens is 2. The Morgan fingerprint density at radius 3 is 1.34 bits per heavy atom. The monoisotopic (exact) mass is 447 g/mol. The average molecular weight is 448 g/mol. The number of imidazole rings is 1. The molecule has 1 rings (SSSR count). The molecule has 0 amide bonds. The summed E-state index contributed by atoms with van der Waals surface area (Å²) in [6, 6.07) is 0. The van der Waals surface area contributed by atoms with Crippen molar-refractivity contribution in [2.75, 3.05) is 0 Å². The SMILES string of the molecule is CCCCCCCCCCCCCc1n(CCCCCCCCCCCCC)cc[n+]1C. The fraction of sp³-hybridized carbons (Fsp3) is 0.900. The minimum Gasteiger partial charge on any atom is -0.237 e. The first kappa shape index (κ1) is 29.2. The van der Waals surface area contributed by atoms with Crippen molar-refractivity contribution in [2.24, 2.45) is 7.05 Å². The van der Waals surface area contributed by atoms with Gasteiger partial charge in [-0.05, 0) is 19.3 Å². The number of hydrogen-bond acceptors (Lipinski definition) is 0. The zero-order chi connectivity index (χ0) is 23.1. The van der Waals surface area contributed by atoms with Crippen molar-refractivity contribution in [1.82, 2.24) is 4.57 Å². The Kier molecular flexibility index (Phi) is 20.1. The summed E-state index contributed by atoms with van der Waals surface area (Å²) in [4.78, 5) is 0. The van der Waals surface area contributed by atoms with E-state index in [4.69, 9.17) is 0 Å². The number of hydrogen-bond donors (Lipinski definition) is 0. The first-order valence-corrected chi connectivity index (χ1v) is 14.8. The minimum atomic E-state index is 1.21. The lowest BCUT2D eigenvalue weighted by molar-refractivity contribution is -0.678. The lowest BCUT2D eigenvalue weighted by atomic mass is 10.1. The molecule has 0 saturated heterocycles. The standard InChI is InChI=1S/C30H59N2/c1-4-6-8-10-12-14-16-18-20-22-24-26-30-31(3)28-29-32(30)27-25-23-21-19-17-15-13-11-9-7-5-2/h28-29H,4-27H2,1-3H3/q+1. The van der Waals surface area contributed by atoms with Crippen molar-refractivity contribution in [3.05, 3.63) is 18.2 Å². The first-order valence-electron chi connectivity index (χ1n) is 14.8. The second-order valence-electron chi connectivity index (χ2n) is 10.3. The van der Waals surface area contributed by atoms with E-state index in [1.54, 1.807) is 0 Å². The molecule has 0 unspecified atom stereocenters. The zero-order valence-corrected chi connectivity index (χ0v) is 22.5. The van der Waals surface area contributed by atoms with Crippen LogP contribution in [0.2, 0.25) is 0 Å². The Balaban J connectivity index is 1.99. The van der Waals surface area contributed by atoms with E-state index in [2.05, 4.69) is 42.4 Å². The number of nitrogens with zero attached hydrogens (tertiary/aromatic N) is 2. The Hall–Kier alpha value is -0.790. The van der Waals surface area contributed by atoms with Crippen molar-refractivity contribution < 1.29 is 4.57 Å². The molecule has 0 spiro atoms. The average Bonchev–Trinajstić information content (AvgIpc) is 3.15. The largest absolute Gasteiger partial charge is 0.256 e. The molecule has 0 aliphatic rings. The van der Waals surface area contributed by atoms with Crippen LogP contribution in [0, 0.1) is 0 Å². The van der Waals surface area contributed by atoms with Gasteiger partial charge in [0, 0.05) is 6.42 Å². The van der Waals surface area contributed by atoms with Gasteiger partial charge in [-0.3, -0.25) is 0 Å². The predicted octanol–water partition coefficient (Wildman–Crippen LogP) is 9.48. The topological polar surface area (TPSA) is 8.81 Å². The van der Waals surface area contributed by atoms with Gasteiger partial charge in [0.1, 0.15) is 12.4 Å². The third kappa shape index (κ3) is 15.9. The van der Waals surface area contributed by atoms with Gasteiger partial charge in [0.15, 0.2) is 0 Å². The Labute approximate surface area is 202 Å². The highest BCUT2D eigenvalue weighted by Crippen LogP contribution is 2.14. The van der Waals surface area contributed by atoms with Crippen LogP contribution in [0.4, 0.5) is 0 Å². The third-order valence-corrected chi connectivity index (χ3v) is 7.22. The van der Waals surface area contributed by atoms with Crippen LogP contribution in [0.3, 0.4) is 0 Å². The van der Waals surface area contributed by atoms with Crippen molar-refractivity contribution in [3.63, 3.8) is 0 Å². The Morgan fingerprint density at radius 2 is 0.906 bits per heavy atom. The van der Waals surface area contributed by atoms with Crippen LogP contribution in [0.15, 0.2) is 12.4 Å². The number of rotatable bonds is 24. The number of aryl methyl sites for hydroxylation is 2. The Morgan fingerprint density at radius 1 is 0.531 bits per heavy atom. The molecule has 1 aromatic heterocycles. The summed E-state index contributed by atoms with van der Waals surface area (Å²) in [6.07, 6.45) is 37.2. The molecule has 0 aromatic carbocycles. The quantitative estimate of drug-likeness (QED) is 0.110. The lowest BCUT2D eigenvalue weighted by Gasteiger charge is -2.05. The van der Waals surface area contributed by atoms with Crippen LogP contribution >= 0.6 is 0 Å². The van der Waals surface area contributed by atoms with Crippen LogP contribution in [-0.4, -0.2) is 4.57 Å². The summed E-state index contributed by atoms with van der Waals surface area (Å²) in [5.41, 5.74) is 0. The van der Waals surface area contributed by atoms with E-state index in [0.717, 1.165) is 0 Å². The van der Waals surface area contributed by atoms with Crippen molar-refractivity contribution in [3.8, 4) is 0 Å². The van der Waals surface area contributed by atoms with Crippen molar-refractivity contribution in [2.45, 2.75) is 168 Å². The van der Waals surface area contributed by atoms with Crippen molar-refractivity contribution >= 4 is 0 Å². The molecule has 0 atom stereocenters. The van der Waals surface area contributed by atoms with Gasteiger partial charge in [0.2, 0.25) is 0 Å². The highest BCUT2D eigenvalue weighted by Gasteiger charge is 2.13. The maximum atomic E-state index is 2.53. The zero-order valence-electron chi connectivity index (χ0n) is 22.5.